The molecular formula is C26H30ClN3O5S. The standard InChI is InChI=1S/C26H30ClN3O5S/c1-17(2)34-21-13-11-20(12-14-21)30(25(31)35-26(3,4)5)23-16-28-24(36(6,32)33)29-22(23)15-18-7-9-19(27)10-8-18/h7-14,16-17H,15H2,1-6H3. The van der Waals surface area contributed by atoms with Gasteiger partial charge in [-0.15, -0.1) is 0 Å². The largest absolute Gasteiger partial charge is 0.491 e. The van der Waals surface area contributed by atoms with Gasteiger partial charge in [0.2, 0.25) is 15.0 Å². The smallest absolute Gasteiger partial charge is 0.419 e. The van der Waals surface area contributed by atoms with Crippen LogP contribution in [0.15, 0.2) is 59.9 Å². The minimum absolute atomic E-state index is 0.0132. The summed E-state index contributed by atoms with van der Waals surface area (Å²) in [6.07, 6.45) is 1.92. The van der Waals surface area contributed by atoms with Crippen molar-refractivity contribution in [1.29, 1.82) is 0 Å². The summed E-state index contributed by atoms with van der Waals surface area (Å²) in [6.45, 7) is 9.14. The Balaban J connectivity index is 2.16. The van der Waals surface area contributed by atoms with E-state index in [0.29, 0.717) is 27.8 Å². The predicted molar refractivity (Wildman–Crippen MR) is 140 cm³/mol. The quantitative estimate of drug-likeness (QED) is 0.345. The summed E-state index contributed by atoms with van der Waals surface area (Å²) in [6, 6.07) is 14.0. The molecule has 0 fully saturated rings. The third-order valence-electron chi connectivity index (χ3n) is 4.72. The average molecular weight is 532 g/mol. The third kappa shape index (κ3) is 7.41. The molecule has 0 N–H and O–H groups in total. The Labute approximate surface area is 217 Å². The Morgan fingerprint density at radius 2 is 1.67 bits per heavy atom. The van der Waals surface area contributed by atoms with E-state index in [0.717, 1.165) is 11.8 Å². The second-order valence-electron chi connectivity index (χ2n) is 9.54. The number of aromatic nitrogens is 2. The summed E-state index contributed by atoms with van der Waals surface area (Å²) >= 11 is 6.02. The number of ether oxygens (including phenoxy) is 2. The lowest BCUT2D eigenvalue weighted by Gasteiger charge is -2.28. The van der Waals surface area contributed by atoms with Gasteiger partial charge in [0, 0.05) is 17.7 Å². The van der Waals surface area contributed by atoms with Gasteiger partial charge in [-0.3, -0.25) is 0 Å². The molecule has 1 heterocycles. The van der Waals surface area contributed by atoms with Crippen LogP contribution in [0.25, 0.3) is 0 Å². The van der Waals surface area contributed by atoms with E-state index in [1.807, 2.05) is 26.0 Å². The van der Waals surface area contributed by atoms with Crippen LogP contribution >= 0.6 is 11.6 Å². The fourth-order valence-electron chi connectivity index (χ4n) is 3.28. The van der Waals surface area contributed by atoms with E-state index in [2.05, 4.69) is 9.97 Å². The van der Waals surface area contributed by atoms with Crippen LogP contribution in [0.3, 0.4) is 0 Å². The lowest BCUT2D eigenvalue weighted by Crippen LogP contribution is -2.34. The molecule has 3 rings (SSSR count). The number of benzene rings is 2. The molecule has 192 valence electrons. The van der Waals surface area contributed by atoms with Gasteiger partial charge in [-0.05, 0) is 76.6 Å². The Bertz CT molecular complexity index is 1320. The molecule has 0 aliphatic heterocycles. The topological polar surface area (TPSA) is 98.7 Å². The van der Waals surface area contributed by atoms with Gasteiger partial charge in [-0.2, -0.15) is 0 Å². The van der Waals surface area contributed by atoms with Gasteiger partial charge in [0.25, 0.3) is 0 Å². The molecule has 0 saturated carbocycles. The van der Waals surface area contributed by atoms with Gasteiger partial charge < -0.3 is 9.47 Å². The summed E-state index contributed by atoms with van der Waals surface area (Å²) in [5, 5.41) is 0.234. The van der Waals surface area contributed by atoms with Gasteiger partial charge in [0.1, 0.15) is 11.4 Å². The highest BCUT2D eigenvalue weighted by atomic mass is 35.5. The van der Waals surface area contributed by atoms with Crippen molar-refractivity contribution in [2.45, 2.75) is 57.9 Å². The third-order valence-corrected chi connectivity index (χ3v) is 5.84. The minimum Gasteiger partial charge on any atom is -0.491 e. The summed E-state index contributed by atoms with van der Waals surface area (Å²) in [5.74, 6) is 0.642. The monoisotopic (exact) mass is 531 g/mol. The molecule has 0 aliphatic rings. The van der Waals surface area contributed by atoms with Crippen molar-refractivity contribution in [3.63, 3.8) is 0 Å². The Morgan fingerprint density at radius 1 is 1.06 bits per heavy atom. The number of hydrogen-bond donors (Lipinski definition) is 0. The first-order valence-corrected chi connectivity index (χ1v) is 13.6. The molecule has 10 heteroatoms. The zero-order valence-corrected chi connectivity index (χ0v) is 22.7. The van der Waals surface area contributed by atoms with Crippen LogP contribution < -0.4 is 9.64 Å². The molecule has 0 radical (unpaired) electrons. The number of carbonyl (C=O) groups is 1. The molecule has 3 aromatic rings. The number of halogens is 1. The average Bonchev–Trinajstić information content (AvgIpc) is 2.75. The normalized spacial score (nSPS) is 11.9. The highest BCUT2D eigenvalue weighted by Gasteiger charge is 2.29. The van der Waals surface area contributed by atoms with Crippen LogP contribution in [0.5, 0.6) is 5.75 Å². The number of hydrogen-bond acceptors (Lipinski definition) is 7. The molecule has 2 aromatic carbocycles. The van der Waals surface area contributed by atoms with Gasteiger partial charge in [-0.25, -0.2) is 28.1 Å². The van der Waals surface area contributed by atoms with Crippen LogP contribution in [0, 0.1) is 0 Å². The van der Waals surface area contributed by atoms with E-state index in [-0.39, 0.29) is 17.7 Å². The van der Waals surface area contributed by atoms with Crippen LogP contribution in [0.4, 0.5) is 16.2 Å². The number of carbonyl (C=O) groups excluding carboxylic acids is 1. The molecule has 1 aromatic heterocycles. The molecule has 0 bridgehead atoms. The minimum atomic E-state index is -3.69. The molecule has 36 heavy (non-hydrogen) atoms. The summed E-state index contributed by atoms with van der Waals surface area (Å²) < 4.78 is 35.8. The Morgan fingerprint density at radius 3 is 2.19 bits per heavy atom. The van der Waals surface area contributed by atoms with E-state index in [1.54, 1.807) is 57.2 Å². The fourth-order valence-corrected chi connectivity index (χ4v) is 3.93. The highest BCUT2D eigenvalue weighted by molar-refractivity contribution is 7.90. The second-order valence-corrected chi connectivity index (χ2v) is 11.9. The van der Waals surface area contributed by atoms with Crippen LogP contribution in [0.1, 0.15) is 45.9 Å². The van der Waals surface area contributed by atoms with Gasteiger partial charge in [0.05, 0.1) is 29.4 Å². The Kier molecular flexibility index (Phi) is 8.26. The van der Waals surface area contributed by atoms with Gasteiger partial charge >= 0.3 is 6.09 Å². The number of anilines is 2. The van der Waals surface area contributed by atoms with E-state index >= 15 is 0 Å². The second kappa shape index (κ2) is 10.8. The lowest BCUT2D eigenvalue weighted by atomic mass is 10.1. The zero-order chi connectivity index (χ0) is 26.7. The fraction of sp³-hybridized carbons (Fsp3) is 0.346. The molecule has 8 nitrogen and oxygen atoms in total. The number of sulfone groups is 1. The van der Waals surface area contributed by atoms with E-state index < -0.39 is 21.5 Å². The van der Waals surface area contributed by atoms with Crippen molar-refractivity contribution >= 4 is 38.9 Å². The Hall–Kier alpha value is -3.17. The van der Waals surface area contributed by atoms with Crippen LogP contribution in [0.2, 0.25) is 5.02 Å². The van der Waals surface area contributed by atoms with Crippen LogP contribution in [-0.4, -0.2) is 42.4 Å². The van der Waals surface area contributed by atoms with Crippen LogP contribution in [-0.2, 0) is 21.0 Å². The van der Waals surface area contributed by atoms with Gasteiger partial charge in [0.15, 0.2) is 0 Å². The maximum absolute atomic E-state index is 13.4. The molecule has 0 aliphatic carbocycles. The van der Waals surface area contributed by atoms with E-state index in [9.17, 15) is 13.2 Å². The summed E-state index contributed by atoms with van der Waals surface area (Å²) in [5.41, 5.74) is 1.15. The van der Waals surface area contributed by atoms with E-state index in [4.69, 9.17) is 21.1 Å². The molecule has 1 amide bonds. The van der Waals surface area contributed by atoms with Crippen molar-refractivity contribution in [3.05, 3.63) is 71.0 Å². The molecule has 0 unspecified atom stereocenters. The number of amides is 1. The summed E-state index contributed by atoms with van der Waals surface area (Å²) in [7, 11) is -3.69. The SMILES string of the molecule is CC(C)Oc1ccc(N(C(=O)OC(C)(C)C)c2cnc(S(C)(=O)=O)nc2Cc2ccc(Cl)cc2)cc1. The van der Waals surface area contributed by atoms with Crippen molar-refractivity contribution < 1.29 is 22.7 Å². The highest BCUT2D eigenvalue weighted by Crippen LogP contribution is 2.32. The molecule has 0 atom stereocenters. The van der Waals surface area contributed by atoms with Crippen molar-refractivity contribution in [1.82, 2.24) is 9.97 Å². The van der Waals surface area contributed by atoms with Gasteiger partial charge in [-0.1, -0.05) is 23.7 Å². The number of rotatable bonds is 7. The van der Waals surface area contributed by atoms with Crippen molar-refractivity contribution in [3.8, 4) is 5.75 Å². The summed E-state index contributed by atoms with van der Waals surface area (Å²) in [4.78, 5) is 23.2. The molecule has 0 spiro atoms. The molecular weight excluding hydrogens is 502 g/mol. The zero-order valence-electron chi connectivity index (χ0n) is 21.1. The maximum Gasteiger partial charge on any atom is 0.419 e. The molecule has 0 saturated heterocycles. The first-order chi connectivity index (χ1) is 16.7. The first kappa shape index (κ1) is 27.4. The first-order valence-electron chi connectivity index (χ1n) is 11.3. The maximum atomic E-state index is 13.4. The number of nitrogens with zero attached hydrogens (tertiary/aromatic N) is 3. The lowest BCUT2D eigenvalue weighted by molar-refractivity contribution is 0.0598. The van der Waals surface area contributed by atoms with Crippen molar-refractivity contribution in [2.75, 3.05) is 11.2 Å². The predicted octanol–water partition coefficient (Wildman–Crippen LogP) is 5.98. The van der Waals surface area contributed by atoms with E-state index in [1.165, 1.54) is 11.1 Å². The van der Waals surface area contributed by atoms with Crippen molar-refractivity contribution in [2.24, 2.45) is 0 Å².